The number of ether oxygens (including phenoxy) is 1. The molecule has 1 atom stereocenters. The quantitative estimate of drug-likeness (QED) is 0.281. The van der Waals surface area contributed by atoms with E-state index in [4.69, 9.17) is 9.57 Å². The fraction of sp³-hybridized carbons (Fsp3) is 0.406. The van der Waals surface area contributed by atoms with Gasteiger partial charge in [0.2, 0.25) is 5.91 Å². The summed E-state index contributed by atoms with van der Waals surface area (Å²) in [6.07, 6.45) is 2.15. The number of amides is 1. The maximum absolute atomic E-state index is 13.4. The first kappa shape index (κ1) is 30.7. The van der Waals surface area contributed by atoms with Crippen molar-refractivity contribution in [3.8, 4) is 5.75 Å². The van der Waals surface area contributed by atoms with Gasteiger partial charge in [0.25, 0.3) is 0 Å². The van der Waals surface area contributed by atoms with E-state index in [0.29, 0.717) is 53.4 Å². The molecule has 2 aromatic carbocycles. The van der Waals surface area contributed by atoms with Crippen LogP contribution >= 0.6 is 0 Å². The Morgan fingerprint density at radius 2 is 1.91 bits per heavy atom. The summed E-state index contributed by atoms with van der Waals surface area (Å²) in [6, 6.07) is 10.8. The van der Waals surface area contributed by atoms with E-state index >= 15 is 0 Å². The molecule has 0 bridgehead atoms. The van der Waals surface area contributed by atoms with Gasteiger partial charge in [-0.15, -0.1) is 0 Å². The van der Waals surface area contributed by atoms with Crippen molar-refractivity contribution in [1.29, 1.82) is 0 Å². The summed E-state index contributed by atoms with van der Waals surface area (Å²) >= 11 is 0. The molecule has 3 aliphatic rings. The minimum absolute atomic E-state index is 0.324. The van der Waals surface area contributed by atoms with Gasteiger partial charge in [-0.05, 0) is 49.1 Å². The lowest BCUT2D eigenvalue weighted by Crippen LogP contribution is -2.32. The number of aromatic nitrogens is 2. The van der Waals surface area contributed by atoms with Gasteiger partial charge in [-0.2, -0.15) is 13.2 Å². The van der Waals surface area contributed by atoms with E-state index in [1.807, 2.05) is 6.07 Å². The molecule has 1 saturated carbocycles. The number of benzene rings is 2. The first-order valence-electron chi connectivity index (χ1n) is 15.1. The lowest BCUT2D eigenvalue weighted by molar-refractivity contribution is -0.137. The maximum Gasteiger partial charge on any atom is 0.416 e. The topological polar surface area (TPSA) is 95.1 Å². The van der Waals surface area contributed by atoms with Crippen molar-refractivity contribution in [3.63, 3.8) is 0 Å². The van der Waals surface area contributed by atoms with Gasteiger partial charge in [0.05, 0.1) is 42.4 Å². The first-order chi connectivity index (χ1) is 21.7. The van der Waals surface area contributed by atoms with Gasteiger partial charge in [-0.25, -0.2) is 15.0 Å². The van der Waals surface area contributed by atoms with Crippen LogP contribution in [0.25, 0.3) is 0 Å². The van der Waals surface area contributed by atoms with Gasteiger partial charge in [-0.1, -0.05) is 18.7 Å². The number of alkyl halides is 3. The summed E-state index contributed by atoms with van der Waals surface area (Å²) in [5, 5.41) is 7.73. The van der Waals surface area contributed by atoms with Crippen LogP contribution < -0.4 is 25.3 Å². The fourth-order valence-electron chi connectivity index (χ4n) is 5.96. The molecule has 1 amide bonds. The molecule has 45 heavy (non-hydrogen) atoms. The SMILES string of the molecule is C=CC(=O)Nc1cc(Nc2cc(N3OCCC3c3cccc(C(F)(F)F)c3)ncn2)c(OC)cc1N1CCCN(C2CC2)CC1. The van der Waals surface area contributed by atoms with Gasteiger partial charge >= 0.3 is 6.18 Å². The van der Waals surface area contributed by atoms with E-state index in [2.05, 4.69) is 37.0 Å². The van der Waals surface area contributed by atoms with Crippen LogP contribution in [0.15, 0.2) is 61.4 Å². The summed E-state index contributed by atoms with van der Waals surface area (Å²) in [4.78, 5) is 31.8. The smallest absolute Gasteiger partial charge is 0.416 e. The third-order valence-corrected chi connectivity index (χ3v) is 8.34. The molecule has 2 saturated heterocycles. The molecule has 6 rings (SSSR count). The zero-order chi connectivity index (χ0) is 31.6. The largest absolute Gasteiger partial charge is 0.494 e. The highest BCUT2D eigenvalue weighted by Crippen LogP contribution is 2.41. The number of rotatable bonds is 9. The van der Waals surface area contributed by atoms with Crippen LogP contribution in [0.1, 0.15) is 42.9 Å². The van der Waals surface area contributed by atoms with Crippen molar-refractivity contribution >= 4 is 34.6 Å². The van der Waals surface area contributed by atoms with E-state index in [1.54, 1.807) is 25.3 Å². The number of halogens is 3. The Hall–Kier alpha value is -4.36. The molecule has 0 radical (unpaired) electrons. The lowest BCUT2D eigenvalue weighted by Gasteiger charge is -2.27. The van der Waals surface area contributed by atoms with Gasteiger partial charge in [0, 0.05) is 50.8 Å². The molecule has 0 spiro atoms. The molecule has 2 aliphatic heterocycles. The van der Waals surface area contributed by atoms with Crippen LogP contribution in [0.3, 0.4) is 0 Å². The van der Waals surface area contributed by atoms with Crippen LogP contribution in [-0.2, 0) is 15.8 Å². The van der Waals surface area contributed by atoms with Crippen molar-refractivity contribution in [2.24, 2.45) is 0 Å². The Labute approximate surface area is 259 Å². The number of hydrogen-bond donors (Lipinski definition) is 2. The third kappa shape index (κ3) is 6.99. The van der Waals surface area contributed by atoms with E-state index in [0.717, 1.165) is 50.4 Å². The maximum atomic E-state index is 13.4. The molecular formula is C32H36F3N7O3. The van der Waals surface area contributed by atoms with Crippen molar-refractivity contribution in [2.45, 2.75) is 43.9 Å². The molecular weight excluding hydrogens is 587 g/mol. The van der Waals surface area contributed by atoms with E-state index in [1.165, 1.54) is 36.4 Å². The lowest BCUT2D eigenvalue weighted by atomic mass is 10.0. The number of carbonyl (C=O) groups excluding carboxylic acids is 1. The Balaban J connectivity index is 1.27. The molecule has 1 aliphatic carbocycles. The van der Waals surface area contributed by atoms with Crippen LogP contribution in [-0.4, -0.2) is 66.7 Å². The van der Waals surface area contributed by atoms with Crippen LogP contribution in [0.4, 0.5) is 41.9 Å². The average molecular weight is 624 g/mol. The van der Waals surface area contributed by atoms with Gasteiger partial charge in [0.15, 0.2) is 5.82 Å². The second-order valence-corrected chi connectivity index (χ2v) is 11.3. The Morgan fingerprint density at radius 3 is 2.67 bits per heavy atom. The number of anilines is 5. The Morgan fingerprint density at radius 1 is 1.07 bits per heavy atom. The molecule has 10 nitrogen and oxygen atoms in total. The number of hydrogen-bond acceptors (Lipinski definition) is 9. The zero-order valence-corrected chi connectivity index (χ0v) is 25.0. The number of carbonyl (C=O) groups is 1. The minimum atomic E-state index is -4.45. The van der Waals surface area contributed by atoms with Crippen LogP contribution in [0, 0.1) is 0 Å². The predicted molar refractivity (Wildman–Crippen MR) is 166 cm³/mol. The molecule has 3 fully saturated rings. The number of methoxy groups -OCH3 is 1. The predicted octanol–water partition coefficient (Wildman–Crippen LogP) is 5.93. The molecule has 238 valence electrons. The summed E-state index contributed by atoms with van der Waals surface area (Å²) < 4.78 is 46.0. The summed E-state index contributed by atoms with van der Waals surface area (Å²) in [6.45, 7) is 7.59. The van der Waals surface area contributed by atoms with Gasteiger partial charge < -0.3 is 20.3 Å². The van der Waals surface area contributed by atoms with Crippen molar-refractivity contribution in [3.05, 3.63) is 72.6 Å². The Kier molecular flexibility index (Phi) is 8.81. The minimum Gasteiger partial charge on any atom is -0.494 e. The van der Waals surface area contributed by atoms with Gasteiger partial charge in [-0.3, -0.25) is 14.5 Å². The highest BCUT2D eigenvalue weighted by atomic mass is 19.4. The van der Waals surface area contributed by atoms with Crippen LogP contribution in [0.2, 0.25) is 0 Å². The molecule has 1 unspecified atom stereocenters. The normalized spacial score (nSPS) is 19.2. The first-order valence-corrected chi connectivity index (χ1v) is 15.1. The van der Waals surface area contributed by atoms with E-state index in [9.17, 15) is 18.0 Å². The second kappa shape index (κ2) is 12.9. The highest BCUT2D eigenvalue weighted by Gasteiger charge is 2.34. The van der Waals surface area contributed by atoms with E-state index in [-0.39, 0.29) is 5.91 Å². The molecule has 1 aromatic heterocycles. The molecule has 13 heteroatoms. The Bertz CT molecular complexity index is 1550. The second-order valence-electron chi connectivity index (χ2n) is 11.3. The molecule has 3 heterocycles. The number of nitrogens with one attached hydrogen (secondary N) is 2. The van der Waals surface area contributed by atoms with Crippen LogP contribution in [0.5, 0.6) is 5.75 Å². The number of hydroxylamine groups is 1. The van der Waals surface area contributed by atoms with Gasteiger partial charge in [0.1, 0.15) is 17.9 Å². The molecule has 2 N–H and O–H groups in total. The van der Waals surface area contributed by atoms with Crippen molar-refractivity contribution in [2.75, 3.05) is 60.5 Å². The summed E-state index contributed by atoms with van der Waals surface area (Å²) in [5.74, 6) is 0.996. The molecule has 3 aromatic rings. The summed E-state index contributed by atoms with van der Waals surface area (Å²) in [5.41, 5.74) is 1.76. The number of nitrogens with zero attached hydrogens (tertiary/aromatic N) is 5. The average Bonchev–Trinajstić information content (AvgIpc) is 3.81. The third-order valence-electron chi connectivity index (χ3n) is 8.34. The summed E-state index contributed by atoms with van der Waals surface area (Å²) in [7, 11) is 1.58. The zero-order valence-electron chi connectivity index (χ0n) is 25.0. The van der Waals surface area contributed by atoms with Crippen molar-refractivity contribution in [1.82, 2.24) is 14.9 Å². The standard InChI is InChI=1S/C32H36F3N7O3/c1-3-31(43)39-24-17-25(28(44-2)18-27(24)41-12-5-11-40(13-14-41)23-8-9-23)38-29-19-30(37-20-36-29)42-26(10-15-45-42)21-6-4-7-22(16-21)32(33,34)35/h3-4,6-7,16-20,23,26H,1,5,8-15H2,2H3,(H,39,43)(H,36,37,38). The highest BCUT2D eigenvalue weighted by molar-refractivity contribution is 6.02. The van der Waals surface area contributed by atoms with E-state index < -0.39 is 17.8 Å². The fourth-order valence-corrected chi connectivity index (χ4v) is 5.96. The van der Waals surface area contributed by atoms with Crippen molar-refractivity contribution < 1.29 is 27.5 Å². The monoisotopic (exact) mass is 623 g/mol.